The Bertz CT molecular complexity index is 639. The molecule has 1 saturated heterocycles. The van der Waals surface area contributed by atoms with Gasteiger partial charge in [0.1, 0.15) is 0 Å². The third-order valence-electron chi connectivity index (χ3n) is 3.98. The van der Waals surface area contributed by atoms with Crippen molar-refractivity contribution in [1.29, 1.82) is 0 Å². The third kappa shape index (κ3) is 3.50. The van der Waals surface area contributed by atoms with Crippen LogP contribution in [0.3, 0.4) is 0 Å². The first-order chi connectivity index (χ1) is 10.8. The molecule has 0 bridgehead atoms. The van der Waals surface area contributed by atoms with Crippen LogP contribution < -0.4 is 10.2 Å². The number of nitrogens with one attached hydrogen (secondary N) is 1. The number of nitrogens with zero attached hydrogens (tertiary/aromatic N) is 1. The summed E-state index contributed by atoms with van der Waals surface area (Å²) >= 11 is 1.83. The van der Waals surface area contributed by atoms with Crippen LogP contribution in [0.5, 0.6) is 0 Å². The van der Waals surface area contributed by atoms with Crippen molar-refractivity contribution in [3.63, 3.8) is 0 Å². The van der Waals surface area contributed by atoms with Crippen LogP contribution in [0.1, 0.15) is 11.1 Å². The lowest BCUT2D eigenvalue weighted by atomic mass is 9.96. The number of hydrogen-bond donors (Lipinski definition) is 1. The van der Waals surface area contributed by atoms with E-state index in [-0.39, 0.29) is 0 Å². The van der Waals surface area contributed by atoms with Crippen molar-refractivity contribution in [2.75, 3.05) is 31.1 Å². The molecule has 0 spiro atoms. The predicted molar refractivity (Wildman–Crippen MR) is 96.3 cm³/mol. The third-order valence-corrected chi connectivity index (χ3v) is 5.16. The summed E-state index contributed by atoms with van der Waals surface area (Å²) in [5.41, 5.74) is 3.82. The molecule has 0 aromatic heterocycles. The zero-order chi connectivity index (χ0) is 15.4. The van der Waals surface area contributed by atoms with Gasteiger partial charge in [-0.1, -0.05) is 47.9 Å². The molecule has 1 aliphatic heterocycles. The van der Waals surface area contributed by atoms with E-state index in [2.05, 4.69) is 59.6 Å². The predicted octanol–water partition coefficient (Wildman–Crippen LogP) is 3.22. The highest BCUT2D eigenvalue weighted by Gasteiger charge is 2.15. The Morgan fingerprint density at radius 2 is 1.86 bits per heavy atom. The summed E-state index contributed by atoms with van der Waals surface area (Å²) in [5, 5.41) is 3.41. The highest BCUT2D eigenvalue weighted by molar-refractivity contribution is 7.99. The molecule has 0 atom stereocenters. The van der Waals surface area contributed by atoms with Gasteiger partial charge in [0.25, 0.3) is 0 Å². The average Bonchev–Trinajstić information content (AvgIpc) is 2.57. The van der Waals surface area contributed by atoms with E-state index < -0.39 is 0 Å². The molecule has 0 amide bonds. The Hall–Kier alpha value is -1.39. The van der Waals surface area contributed by atoms with Gasteiger partial charge in [-0.3, -0.25) is 0 Å². The molecule has 3 rings (SSSR count). The number of para-hydroxylation sites is 1. The first-order valence-electron chi connectivity index (χ1n) is 7.80. The van der Waals surface area contributed by atoms with Crippen molar-refractivity contribution in [1.82, 2.24) is 5.32 Å². The van der Waals surface area contributed by atoms with Crippen LogP contribution in [0.15, 0.2) is 52.3 Å². The Kier molecular flexibility index (Phi) is 5.11. The summed E-state index contributed by atoms with van der Waals surface area (Å²) in [6, 6.07) is 15.2. The van der Waals surface area contributed by atoms with Crippen molar-refractivity contribution in [2.24, 2.45) is 0 Å². The number of rotatable bonds is 4. The maximum absolute atomic E-state index is 5.92. The number of hydrogen-bond acceptors (Lipinski definition) is 3. The summed E-state index contributed by atoms with van der Waals surface area (Å²) in [6.45, 7) is 6.35. The van der Waals surface area contributed by atoms with Gasteiger partial charge in [0.05, 0.1) is 13.5 Å². The molecule has 1 N–H and O–H groups in total. The second-order valence-electron chi connectivity index (χ2n) is 5.62. The minimum absolute atomic E-state index is 0.583. The molecule has 4 heteroatoms. The lowest BCUT2D eigenvalue weighted by Crippen LogP contribution is -2.43. The minimum atomic E-state index is 0.583. The fourth-order valence-corrected chi connectivity index (χ4v) is 3.89. The number of anilines is 1. The molecule has 2 aromatic rings. The van der Waals surface area contributed by atoms with E-state index in [1.54, 1.807) is 0 Å². The molecule has 2 radical (unpaired) electrons. The van der Waals surface area contributed by atoms with Gasteiger partial charge in [-0.2, -0.15) is 0 Å². The van der Waals surface area contributed by atoms with Gasteiger partial charge in [0, 0.05) is 36.0 Å². The van der Waals surface area contributed by atoms with E-state index in [4.69, 9.17) is 7.85 Å². The Balaban J connectivity index is 1.89. The van der Waals surface area contributed by atoms with E-state index in [9.17, 15) is 0 Å². The Morgan fingerprint density at radius 1 is 1.09 bits per heavy atom. The SMILES string of the molecule is [B]Cc1cc(C)ccc1Sc1ccccc1N1CCNCC1. The van der Waals surface area contributed by atoms with Crippen molar-refractivity contribution < 1.29 is 0 Å². The summed E-state index contributed by atoms with van der Waals surface area (Å²) in [5.74, 6) is 0. The van der Waals surface area contributed by atoms with Crippen LogP contribution in [-0.2, 0) is 6.32 Å². The highest BCUT2D eigenvalue weighted by atomic mass is 32.2. The fraction of sp³-hybridized carbons (Fsp3) is 0.333. The summed E-state index contributed by atoms with van der Waals surface area (Å²) in [4.78, 5) is 5.04. The molecule has 22 heavy (non-hydrogen) atoms. The number of benzene rings is 2. The number of piperazine rings is 1. The average molecular weight is 308 g/mol. The molecule has 0 unspecified atom stereocenters. The Labute approximate surface area is 138 Å². The molecule has 1 aliphatic rings. The van der Waals surface area contributed by atoms with E-state index in [0.29, 0.717) is 6.32 Å². The van der Waals surface area contributed by atoms with Gasteiger partial charge < -0.3 is 10.2 Å². The lowest BCUT2D eigenvalue weighted by molar-refractivity contribution is 0.587. The summed E-state index contributed by atoms with van der Waals surface area (Å²) in [6.07, 6.45) is 0.583. The molecule has 2 aromatic carbocycles. The van der Waals surface area contributed by atoms with E-state index >= 15 is 0 Å². The second-order valence-corrected chi connectivity index (χ2v) is 6.71. The minimum Gasteiger partial charge on any atom is -0.368 e. The molecule has 1 heterocycles. The van der Waals surface area contributed by atoms with Crippen LogP contribution in [0.25, 0.3) is 0 Å². The quantitative estimate of drug-likeness (QED) is 0.873. The zero-order valence-corrected chi connectivity index (χ0v) is 13.8. The highest BCUT2D eigenvalue weighted by Crippen LogP contribution is 2.37. The largest absolute Gasteiger partial charge is 0.368 e. The fourth-order valence-electron chi connectivity index (χ4n) is 2.80. The van der Waals surface area contributed by atoms with Crippen molar-refractivity contribution in [3.05, 3.63) is 53.6 Å². The Morgan fingerprint density at radius 3 is 2.64 bits per heavy atom. The van der Waals surface area contributed by atoms with Crippen LogP contribution in [-0.4, -0.2) is 34.0 Å². The normalized spacial score (nSPS) is 15.0. The van der Waals surface area contributed by atoms with Crippen LogP contribution in [0, 0.1) is 6.92 Å². The van der Waals surface area contributed by atoms with Gasteiger partial charge in [0.15, 0.2) is 0 Å². The molecule has 0 saturated carbocycles. The summed E-state index contributed by atoms with van der Waals surface area (Å²) in [7, 11) is 5.92. The van der Waals surface area contributed by atoms with Crippen LogP contribution >= 0.6 is 11.8 Å². The van der Waals surface area contributed by atoms with Gasteiger partial charge in [-0.25, -0.2) is 0 Å². The van der Waals surface area contributed by atoms with Gasteiger partial charge in [-0.05, 0) is 30.7 Å². The van der Waals surface area contributed by atoms with Crippen LogP contribution in [0.4, 0.5) is 5.69 Å². The van der Waals surface area contributed by atoms with Gasteiger partial charge in [0.2, 0.25) is 0 Å². The van der Waals surface area contributed by atoms with Gasteiger partial charge >= 0.3 is 0 Å². The molecule has 0 aliphatic carbocycles. The molecule has 112 valence electrons. The van der Waals surface area contributed by atoms with Crippen molar-refractivity contribution in [2.45, 2.75) is 23.0 Å². The van der Waals surface area contributed by atoms with Crippen LogP contribution in [0.2, 0.25) is 0 Å². The molecular weight excluding hydrogens is 287 g/mol. The smallest absolute Gasteiger partial charge is 0.0717 e. The monoisotopic (exact) mass is 308 g/mol. The first-order valence-corrected chi connectivity index (χ1v) is 8.62. The van der Waals surface area contributed by atoms with E-state index in [1.165, 1.54) is 26.6 Å². The van der Waals surface area contributed by atoms with E-state index in [1.807, 2.05) is 11.8 Å². The molecule has 2 nitrogen and oxygen atoms in total. The second kappa shape index (κ2) is 7.25. The number of aryl methyl sites for hydroxylation is 1. The van der Waals surface area contributed by atoms with Gasteiger partial charge in [-0.15, -0.1) is 0 Å². The zero-order valence-electron chi connectivity index (χ0n) is 13.0. The van der Waals surface area contributed by atoms with Crippen molar-refractivity contribution in [3.8, 4) is 0 Å². The maximum Gasteiger partial charge on any atom is 0.0717 e. The summed E-state index contributed by atoms with van der Waals surface area (Å²) < 4.78 is 0. The van der Waals surface area contributed by atoms with Crippen molar-refractivity contribution >= 4 is 25.3 Å². The lowest BCUT2D eigenvalue weighted by Gasteiger charge is -2.31. The molecule has 1 fully saturated rings. The standard InChI is InChI=1S/C18H21BN2S/c1-14-6-7-17(15(12-14)13-19)22-18-5-3-2-4-16(18)21-10-8-20-9-11-21/h2-7,12,20H,8-11,13H2,1H3. The molecular formula is C18H21BN2S. The maximum atomic E-state index is 5.92. The topological polar surface area (TPSA) is 15.3 Å². The first kappa shape index (κ1) is 15.5. The van der Waals surface area contributed by atoms with E-state index in [0.717, 1.165) is 26.2 Å².